The van der Waals surface area contributed by atoms with Gasteiger partial charge in [0.25, 0.3) is 0 Å². The SMILES string of the molecule is Oc1ccc([C@H]2c3c(O)c([C@@H]4c5ccc(O)cc5O[C@H](c5cc(O)c(O)c(O)c5)[C@H]4O)c4c(c3O[C@H](c3cc(O)c(O)c(O)c3)[C@H]2O)C[C@H](O)[C@H](c2ccc(O)c(O)c2)O4)c(O)c1. The quantitative estimate of drug-likeness (QED) is 0.106. The van der Waals surface area contributed by atoms with E-state index in [0.29, 0.717) is 0 Å². The third-order valence-corrected chi connectivity index (χ3v) is 11.8. The molecular weight excluding hydrogens is 828 g/mol. The summed E-state index contributed by atoms with van der Waals surface area (Å²) in [7, 11) is 0. The predicted octanol–water partition coefficient (Wildman–Crippen LogP) is 4.44. The number of phenols is 12. The molecule has 3 aliphatic heterocycles. The molecule has 0 fully saturated rings. The zero-order valence-corrected chi connectivity index (χ0v) is 32.3. The first-order valence-corrected chi connectivity index (χ1v) is 19.3. The van der Waals surface area contributed by atoms with E-state index in [1.165, 1.54) is 36.4 Å². The van der Waals surface area contributed by atoms with Gasteiger partial charge in [-0.25, -0.2) is 0 Å². The summed E-state index contributed by atoms with van der Waals surface area (Å²) >= 11 is 0. The Balaban J connectivity index is 1.35. The van der Waals surface area contributed by atoms with Crippen LogP contribution in [0.3, 0.4) is 0 Å². The van der Waals surface area contributed by atoms with Crippen LogP contribution in [0, 0.1) is 0 Å². The topological polar surface area (TPSA) is 331 Å². The molecule has 8 atom stereocenters. The normalized spacial score (nSPS) is 23.6. The van der Waals surface area contributed by atoms with Gasteiger partial charge in [0, 0.05) is 69.3 Å². The summed E-state index contributed by atoms with van der Waals surface area (Å²) in [5, 5.41) is 165. The van der Waals surface area contributed by atoms with E-state index in [2.05, 4.69) is 0 Å². The van der Waals surface area contributed by atoms with E-state index in [0.717, 1.165) is 42.5 Å². The van der Waals surface area contributed by atoms with E-state index in [9.17, 15) is 76.6 Å². The Morgan fingerprint density at radius 3 is 1.41 bits per heavy atom. The third-order valence-electron chi connectivity index (χ3n) is 11.8. The second kappa shape index (κ2) is 14.7. The van der Waals surface area contributed by atoms with E-state index in [-0.39, 0.29) is 79.7 Å². The first-order valence-electron chi connectivity index (χ1n) is 19.3. The molecule has 63 heavy (non-hydrogen) atoms. The van der Waals surface area contributed by atoms with Crippen LogP contribution in [-0.4, -0.2) is 94.9 Å². The molecule has 18 nitrogen and oxygen atoms in total. The molecule has 3 aliphatic rings. The van der Waals surface area contributed by atoms with Crippen LogP contribution in [0.15, 0.2) is 78.9 Å². The number of aliphatic hydroxyl groups is 3. The number of rotatable bonds is 5. The maximum atomic E-state index is 12.9. The van der Waals surface area contributed by atoms with E-state index >= 15 is 0 Å². The van der Waals surface area contributed by atoms with Crippen LogP contribution in [0.5, 0.6) is 86.2 Å². The largest absolute Gasteiger partial charge is 0.508 e. The van der Waals surface area contributed by atoms with Gasteiger partial charge in [0.05, 0.1) is 6.10 Å². The number of hydrogen-bond acceptors (Lipinski definition) is 18. The van der Waals surface area contributed by atoms with Gasteiger partial charge < -0.3 is 90.8 Å². The Hall–Kier alpha value is -7.80. The lowest BCUT2D eigenvalue weighted by Gasteiger charge is -2.44. The van der Waals surface area contributed by atoms with Gasteiger partial charge in [0.2, 0.25) is 0 Å². The lowest BCUT2D eigenvalue weighted by atomic mass is 9.72. The molecule has 3 heterocycles. The van der Waals surface area contributed by atoms with E-state index in [1.54, 1.807) is 0 Å². The highest BCUT2D eigenvalue weighted by molar-refractivity contribution is 5.71. The lowest BCUT2D eigenvalue weighted by molar-refractivity contribution is -0.00682. The van der Waals surface area contributed by atoms with Crippen LogP contribution in [0.4, 0.5) is 0 Å². The summed E-state index contributed by atoms with van der Waals surface area (Å²) in [5.74, 6) is -11.4. The summed E-state index contributed by atoms with van der Waals surface area (Å²) in [6, 6.07) is 15.0. The van der Waals surface area contributed by atoms with Crippen molar-refractivity contribution < 1.29 is 90.8 Å². The number of aliphatic hydroxyl groups excluding tert-OH is 3. The van der Waals surface area contributed by atoms with Crippen molar-refractivity contribution in [1.82, 2.24) is 0 Å². The molecule has 0 saturated carbocycles. The van der Waals surface area contributed by atoms with E-state index in [4.69, 9.17) is 14.2 Å². The first-order chi connectivity index (χ1) is 29.9. The van der Waals surface area contributed by atoms with Crippen molar-refractivity contribution in [2.24, 2.45) is 0 Å². The summed E-state index contributed by atoms with van der Waals surface area (Å²) < 4.78 is 19.2. The number of phenolic OH excluding ortho intramolecular Hbond substituents is 12. The smallest absolute Gasteiger partial charge is 0.200 e. The van der Waals surface area contributed by atoms with Crippen LogP contribution < -0.4 is 14.2 Å². The minimum Gasteiger partial charge on any atom is -0.508 e. The molecule has 9 rings (SSSR count). The van der Waals surface area contributed by atoms with E-state index < -0.39 is 106 Å². The molecule has 0 unspecified atom stereocenters. The van der Waals surface area contributed by atoms with Gasteiger partial charge in [0.1, 0.15) is 58.6 Å². The highest BCUT2D eigenvalue weighted by atomic mass is 16.5. The number of benzene rings is 6. The van der Waals surface area contributed by atoms with Crippen LogP contribution in [0.25, 0.3) is 0 Å². The Labute approximate surface area is 354 Å². The Morgan fingerprint density at radius 1 is 0.397 bits per heavy atom. The summed E-state index contributed by atoms with van der Waals surface area (Å²) in [6.07, 6.45) is -9.99. The zero-order chi connectivity index (χ0) is 44.9. The Morgan fingerprint density at radius 2 is 0.873 bits per heavy atom. The molecule has 15 N–H and O–H groups in total. The monoisotopic (exact) mass is 866 g/mol. The van der Waals surface area contributed by atoms with Crippen molar-refractivity contribution in [1.29, 1.82) is 0 Å². The molecule has 0 amide bonds. The van der Waals surface area contributed by atoms with Gasteiger partial charge in [-0.05, 0) is 54.1 Å². The molecule has 0 bridgehead atoms. The molecule has 326 valence electrons. The average Bonchev–Trinajstić information content (AvgIpc) is 3.23. The van der Waals surface area contributed by atoms with Crippen molar-refractivity contribution in [3.05, 3.63) is 123 Å². The van der Waals surface area contributed by atoms with E-state index in [1.807, 2.05) is 0 Å². The van der Waals surface area contributed by atoms with Gasteiger partial charge in [0.15, 0.2) is 58.2 Å². The standard InChI is InChI=1S/C45H38O18/c46-18-2-4-20(24(49)12-18)32-34-38(58)35(33-21-5-3-19(47)13-31(21)61-42(40(33)60)16-8-26(51)36(56)27(52)9-16)44-22(14-30(55)41(62-44)15-1-6-23(48)25(50)7-15)45(34)63-43(39(32)59)17-10-28(53)37(57)29(54)11-17/h1-13,30,32-33,39-43,46-60H,14H2/t30-,32-,33-,39-,40-,41-,42+,43+/m0/s1. The van der Waals surface area contributed by atoms with Crippen molar-refractivity contribution in [3.8, 4) is 86.2 Å². The number of fused-ring (bicyclic) bond motifs is 4. The van der Waals surface area contributed by atoms with Crippen LogP contribution in [0.1, 0.15) is 74.7 Å². The van der Waals surface area contributed by atoms with Crippen LogP contribution >= 0.6 is 0 Å². The first kappa shape index (κ1) is 40.6. The van der Waals surface area contributed by atoms with Crippen molar-refractivity contribution in [3.63, 3.8) is 0 Å². The predicted molar refractivity (Wildman–Crippen MR) is 214 cm³/mol. The third kappa shape index (κ3) is 6.46. The highest BCUT2D eigenvalue weighted by Gasteiger charge is 2.51. The number of aromatic hydroxyl groups is 12. The van der Waals surface area contributed by atoms with Gasteiger partial charge in [-0.3, -0.25) is 0 Å². The van der Waals surface area contributed by atoms with Crippen LogP contribution in [0.2, 0.25) is 0 Å². The fourth-order valence-electron chi connectivity index (χ4n) is 8.91. The maximum Gasteiger partial charge on any atom is 0.200 e. The average molecular weight is 867 g/mol. The molecule has 0 aliphatic carbocycles. The summed E-state index contributed by atoms with van der Waals surface area (Å²) in [5.41, 5.74) is -0.473. The van der Waals surface area contributed by atoms with Gasteiger partial charge in [-0.15, -0.1) is 0 Å². The molecule has 0 radical (unpaired) electrons. The lowest BCUT2D eigenvalue weighted by Crippen LogP contribution is -2.39. The van der Waals surface area contributed by atoms with Gasteiger partial charge >= 0.3 is 0 Å². The Bertz CT molecular complexity index is 2800. The molecule has 6 aromatic carbocycles. The molecule has 0 aromatic heterocycles. The number of ether oxygens (including phenoxy) is 3. The second-order valence-corrected chi connectivity index (χ2v) is 15.7. The van der Waals surface area contributed by atoms with Gasteiger partial charge in [-0.1, -0.05) is 18.2 Å². The highest BCUT2D eigenvalue weighted by Crippen LogP contribution is 2.62. The second-order valence-electron chi connectivity index (χ2n) is 15.7. The minimum atomic E-state index is -1.84. The van der Waals surface area contributed by atoms with Crippen molar-refractivity contribution in [2.45, 2.75) is 54.9 Å². The molecule has 0 saturated heterocycles. The molecular formula is C45H38O18. The summed E-state index contributed by atoms with van der Waals surface area (Å²) in [6.45, 7) is 0. The van der Waals surface area contributed by atoms with Crippen molar-refractivity contribution in [2.75, 3.05) is 0 Å². The zero-order valence-electron chi connectivity index (χ0n) is 32.3. The van der Waals surface area contributed by atoms with Gasteiger partial charge in [-0.2, -0.15) is 0 Å². The minimum absolute atomic E-state index is 0.00688. The maximum absolute atomic E-state index is 12.9. The fourth-order valence-corrected chi connectivity index (χ4v) is 8.91. The van der Waals surface area contributed by atoms with Crippen LogP contribution in [-0.2, 0) is 6.42 Å². The summed E-state index contributed by atoms with van der Waals surface area (Å²) in [4.78, 5) is 0. The number of hydrogen-bond donors (Lipinski definition) is 15. The molecule has 18 heteroatoms. The molecule has 6 aromatic rings. The fraction of sp³-hybridized carbons (Fsp3) is 0.200. The Kier molecular flexibility index (Phi) is 9.46. The molecule has 0 spiro atoms. The van der Waals surface area contributed by atoms with Crippen molar-refractivity contribution >= 4 is 0 Å².